The highest BCUT2D eigenvalue weighted by Crippen LogP contribution is 2.23. The Morgan fingerprint density at radius 3 is 2.94 bits per heavy atom. The summed E-state index contributed by atoms with van der Waals surface area (Å²) in [5, 5.41) is 6.11. The molecular formula is C12H12N4O. The number of carbonyl (C=O) groups is 1. The number of aromatic nitrogens is 2. The Morgan fingerprint density at radius 2 is 2.18 bits per heavy atom. The summed E-state index contributed by atoms with van der Waals surface area (Å²) < 4.78 is 1.96. The highest BCUT2D eigenvalue weighted by atomic mass is 16.2. The third kappa shape index (κ3) is 1.56. The molecule has 0 saturated carbocycles. The Hall–Kier alpha value is -2.30. The molecule has 2 N–H and O–H groups in total. The predicted octanol–water partition coefficient (Wildman–Crippen LogP) is 1.27. The summed E-state index contributed by atoms with van der Waals surface area (Å²) in [7, 11) is 1.94. The van der Waals surface area contributed by atoms with Crippen LogP contribution in [0.25, 0.3) is 0 Å². The lowest BCUT2D eigenvalue weighted by atomic mass is 10.1. The molecule has 0 radical (unpaired) electrons. The van der Waals surface area contributed by atoms with Crippen molar-refractivity contribution in [2.45, 2.75) is 6.17 Å². The molecule has 86 valence electrons. The number of hydrogen-bond donors (Lipinski definition) is 2. The molecule has 17 heavy (non-hydrogen) atoms. The molecule has 1 unspecified atom stereocenters. The zero-order valence-electron chi connectivity index (χ0n) is 9.34. The van der Waals surface area contributed by atoms with Crippen molar-refractivity contribution in [3.63, 3.8) is 0 Å². The van der Waals surface area contributed by atoms with Crippen molar-refractivity contribution < 1.29 is 4.79 Å². The summed E-state index contributed by atoms with van der Waals surface area (Å²) in [5.74, 6) is 0.528. The normalized spacial score (nSPS) is 18.2. The molecule has 0 fully saturated rings. The number of amides is 1. The topological polar surface area (TPSA) is 59.0 Å². The number of carbonyl (C=O) groups excluding carboxylic acids is 1. The summed E-state index contributed by atoms with van der Waals surface area (Å²) in [6, 6.07) is 7.41. The van der Waals surface area contributed by atoms with E-state index in [1.165, 1.54) is 0 Å². The first-order valence-corrected chi connectivity index (χ1v) is 5.39. The van der Waals surface area contributed by atoms with Gasteiger partial charge in [-0.1, -0.05) is 0 Å². The minimum absolute atomic E-state index is 0.0990. The van der Waals surface area contributed by atoms with Gasteiger partial charge in [-0.05, 0) is 24.3 Å². The van der Waals surface area contributed by atoms with Crippen LogP contribution in [0.4, 0.5) is 5.82 Å². The summed E-state index contributed by atoms with van der Waals surface area (Å²) in [6.07, 6.45) is 3.38. The van der Waals surface area contributed by atoms with Crippen LogP contribution >= 0.6 is 0 Å². The van der Waals surface area contributed by atoms with Crippen molar-refractivity contribution >= 4 is 11.7 Å². The predicted molar refractivity (Wildman–Crippen MR) is 63.5 cm³/mol. The van der Waals surface area contributed by atoms with E-state index in [-0.39, 0.29) is 12.1 Å². The van der Waals surface area contributed by atoms with Gasteiger partial charge < -0.3 is 15.2 Å². The van der Waals surface area contributed by atoms with Crippen LogP contribution in [0.1, 0.15) is 22.2 Å². The fourth-order valence-electron chi connectivity index (χ4n) is 2.01. The largest absolute Gasteiger partial charge is 0.351 e. The smallest absolute Gasteiger partial charge is 0.256 e. The van der Waals surface area contributed by atoms with Gasteiger partial charge in [-0.15, -0.1) is 0 Å². The summed E-state index contributed by atoms with van der Waals surface area (Å²) in [4.78, 5) is 16.1. The Morgan fingerprint density at radius 1 is 1.29 bits per heavy atom. The highest BCUT2D eigenvalue weighted by molar-refractivity contribution is 6.00. The van der Waals surface area contributed by atoms with Gasteiger partial charge in [-0.3, -0.25) is 4.79 Å². The number of hydrogen-bond acceptors (Lipinski definition) is 3. The number of nitrogens with zero attached hydrogens (tertiary/aromatic N) is 2. The molecule has 0 aromatic carbocycles. The molecule has 1 atom stereocenters. The maximum atomic E-state index is 11.9. The van der Waals surface area contributed by atoms with Gasteiger partial charge in [0.25, 0.3) is 5.91 Å². The Balaban J connectivity index is 1.99. The van der Waals surface area contributed by atoms with Crippen molar-refractivity contribution in [2.75, 3.05) is 5.32 Å². The molecule has 5 heteroatoms. The quantitative estimate of drug-likeness (QED) is 0.772. The average Bonchev–Trinajstić information content (AvgIpc) is 2.75. The fraction of sp³-hybridized carbons (Fsp3) is 0.167. The molecule has 0 spiro atoms. The van der Waals surface area contributed by atoms with Crippen LogP contribution < -0.4 is 10.6 Å². The molecule has 1 amide bonds. The van der Waals surface area contributed by atoms with Gasteiger partial charge in [-0.2, -0.15) is 0 Å². The molecule has 0 bridgehead atoms. The van der Waals surface area contributed by atoms with Crippen LogP contribution in [-0.2, 0) is 7.05 Å². The molecule has 1 aliphatic rings. The van der Waals surface area contributed by atoms with Crippen LogP contribution in [0.3, 0.4) is 0 Å². The number of nitrogens with one attached hydrogen (secondary N) is 2. The lowest BCUT2D eigenvalue weighted by Gasteiger charge is -2.27. The van der Waals surface area contributed by atoms with E-state index in [1.807, 2.05) is 29.9 Å². The molecule has 5 nitrogen and oxygen atoms in total. The number of anilines is 1. The first-order chi connectivity index (χ1) is 8.25. The Kier molecular flexibility index (Phi) is 2.11. The standard InChI is InChI=1S/C12H12N4O/c1-16-7-3-5-9(16)11-14-10-8(12(17)15-11)4-2-6-13-10/h2-7,11H,1H3,(H,13,14)(H,15,17). The average molecular weight is 228 g/mol. The molecular weight excluding hydrogens is 216 g/mol. The lowest BCUT2D eigenvalue weighted by Crippen LogP contribution is -2.39. The first kappa shape index (κ1) is 9.89. The fourth-order valence-corrected chi connectivity index (χ4v) is 2.01. The van der Waals surface area contributed by atoms with Crippen LogP contribution in [0.15, 0.2) is 36.7 Å². The molecule has 2 aromatic heterocycles. The van der Waals surface area contributed by atoms with Crippen molar-refractivity contribution in [2.24, 2.45) is 7.05 Å². The third-order valence-electron chi connectivity index (χ3n) is 2.89. The number of fused-ring (bicyclic) bond motifs is 1. The Labute approximate surface area is 98.5 Å². The second-order valence-corrected chi connectivity index (χ2v) is 3.99. The van der Waals surface area contributed by atoms with E-state index in [4.69, 9.17) is 0 Å². The van der Waals surface area contributed by atoms with Gasteiger partial charge in [0.2, 0.25) is 0 Å². The van der Waals surface area contributed by atoms with Gasteiger partial charge in [0.15, 0.2) is 0 Å². The van der Waals surface area contributed by atoms with Crippen molar-refractivity contribution in [3.8, 4) is 0 Å². The Bertz CT molecular complexity index is 575. The van der Waals surface area contributed by atoms with Crippen LogP contribution in [0.2, 0.25) is 0 Å². The molecule has 0 aliphatic carbocycles. The van der Waals surface area contributed by atoms with Crippen molar-refractivity contribution in [1.29, 1.82) is 0 Å². The van der Waals surface area contributed by atoms with Crippen LogP contribution in [-0.4, -0.2) is 15.5 Å². The molecule has 2 aromatic rings. The van der Waals surface area contributed by atoms with Crippen LogP contribution in [0, 0.1) is 0 Å². The zero-order valence-corrected chi connectivity index (χ0v) is 9.34. The second-order valence-electron chi connectivity index (χ2n) is 3.99. The summed E-state index contributed by atoms with van der Waals surface area (Å²) >= 11 is 0. The maximum Gasteiger partial charge on any atom is 0.256 e. The maximum absolute atomic E-state index is 11.9. The SMILES string of the molecule is Cn1cccc1C1NC(=O)c2cccnc2N1. The van der Waals surface area contributed by atoms with Crippen molar-refractivity contribution in [3.05, 3.63) is 47.9 Å². The molecule has 1 aliphatic heterocycles. The van der Waals surface area contributed by atoms with Crippen molar-refractivity contribution in [1.82, 2.24) is 14.9 Å². The van der Waals surface area contributed by atoms with E-state index < -0.39 is 0 Å². The van der Waals surface area contributed by atoms with E-state index in [0.717, 1.165) is 5.69 Å². The van der Waals surface area contributed by atoms with E-state index in [1.54, 1.807) is 18.3 Å². The highest BCUT2D eigenvalue weighted by Gasteiger charge is 2.26. The first-order valence-electron chi connectivity index (χ1n) is 5.39. The number of pyridine rings is 1. The lowest BCUT2D eigenvalue weighted by molar-refractivity contribution is 0.0934. The van der Waals surface area contributed by atoms with E-state index in [2.05, 4.69) is 15.6 Å². The second kappa shape index (κ2) is 3.62. The minimum atomic E-state index is -0.232. The number of aryl methyl sites for hydroxylation is 1. The van der Waals surface area contributed by atoms with Gasteiger partial charge in [0, 0.05) is 19.4 Å². The minimum Gasteiger partial charge on any atom is -0.351 e. The van der Waals surface area contributed by atoms with E-state index in [9.17, 15) is 4.79 Å². The monoisotopic (exact) mass is 228 g/mol. The van der Waals surface area contributed by atoms with E-state index in [0.29, 0.717) is 11.4 Å². The zero-order chi connectivity index (χ0) is 11.8. The molecule has 0 saturated heterocycles. The van der Waals surface area contributed by atoms with Gasteiger partial charge >= 0.3 is 0 Å². The summed E-state index contributed by atoms with van der Waals surface area (Å²) in [6.45, 7) is 0. The van der Waals surface area contributed by atoms with Gasteiger partial charge in [-0.25, -0.2) is 4.98 Å². The number of rotatable bonds is 1. The third-order valence-corrected chi connectivity index (χ3v) is 2.89. The van der Waals surface area contributed by atoms with Crippen LogP contribution in [0.5, 0.6) is 0 Å². The molecule has 3 rings (SSSR count). The molecule has 3 heterocycles. The van der Waals surface area contributed by atoms with Gasteiger partial charge in [0.1, 0.15) is 12.0 Å². The summed E-state index contributed by atoms with van der Waals surface area (Å²) in [5.41, 5.74) is 1.58. The van der Waals surface area contributed by atoms with Gasteiger partial charge in [0.05, 0.1) is 11.3 Å². The van der Waals surface area contributed by atoms with E-state index >= 15 is 0 Å².